The topological polar surface area (TPSA) is 107 Å². The standard InChI is InChI=1S/C16H24BrFN6OS2/c17-10-5-15(27-24-16(26)23-9-19)11(18)6-12(10)21-3-1-2-4-22-13-7-20-8-14(13)25/h5-6,9,13-14,20-22,25H,1-4,7-8H2,(H3,19,23,24,26)/t13-,14-/m1/s1. The van der Waals surface area contributed by atoms with Gasteiger partial charge in [-0.25, -0.2) is 9.38 Å². The molecule has 1 aromatic carbocycles. The predicted molar refractivity (Wildman–Crippen MR) is 117 cm³/mol. The van der Waals surface area contributed by atoms with Crippen molar-refractivity contribution in [1.82, 2.24) is 15.4 Å². The van der Waals surface area contributed by atoms with Crippen LogP contribution in [0.3, 0.4) is 0 Å². The first kappa shape index (κ1) is 22.3. The van der Waals surface area contributed by atoms with Gasteiger partial charge in [-0.3, -0.25) is 0 Å². The van der Waals surface area contributed by atoms with E-state index in [2.05, 4.69) is 41.6 Å². The van der Waals surface area contributed by atoms with Gasteiger partial charge in [0.2, 0.25) is 5.11 Å². The lowest BCUT2D eigenvalue weighted by molar-refractivity contribution is 0.163. The van der Waals surface area contributed by atoms with E-state index in [0.717, 1.165) is 55.2 Å². The molecule has 1 saturated heterocycles. The van der Waals surface area contributed by atoms with Crippen LogP contribution in [0.1, 0.15) is 12.8 Å². The van der Waals surface area contributed by atoms with E-state index in [1.165, 1.54) is 6.07 Å². The van der Waals surface area contributed by atoms with E-state index in [9.17, 15) is 9.50 Å². The third kappa shape index (κ3) is 7.51. The first-order chi connectivity index (χ1) is 13.0. The van der Waals surface area contributed by atoms with Crippen molar-refractivity contribution in [2.75, 3.05) is 31.5 Å². The molecule has 0 radical (unpaired) electrons. The number of aliphatic hydroxyl groups excluding tert-OH is 1. The number of aliphatic hydroxyl groups is 1. The third-order valence-electron chi connectivity index (χ3n) is 3.97. The molecule has 1 heterocycles. The Hall–Kier alpha value is -0.980. The lowest BCUT2D eigenvalue weighted by Crippen LogP contribution is -2.39. The Bertz CT molecular complexity index is 666. The number of rotatable bonds is 9. The highest BCUT2D eigenvalue weighted by Crippen LogP contribution is 2.30. The van der Waals surface area contributed by atoms with Crippen LogP contribution in [-0.2, 0) is 0 Å². The van der Waals surface area contributed by atoms with Crippen molar-refractivity contribution in [3.63, 3.8) is 0 Å². The molecule has 0 saturated carbocycles. The zero-order chi connectivity index (χ0) is 19.6. The zero-order valence-electron chi connectivity index (χ0n) is 14.7. The van der Waals surface area contributed by atoms with Gasteiger partial charge in [-0.1, -0.05) is 0 Å². The van der Waals surface area contributed by atoms with Crippen molar-refractivity contribution >= 4 is 57.2 Å². The number of β-amino-alcohol motifs (C(OH)–C–C–N with tert-alkyl or cyclic N) is 1. The van der Waals surface area contributed by atoms with E-state index >= 15 is 0 Å². The van der Waals surface area contributed by atoms with Crippen LogP contribution in [0, 0.1) is 5.82 Å². The van der Waals surface area contributed by atoms with Crippen LogP contribution in [-0.4, -0.2) is 54.9 Å². The maximum Gasteiger partial charge on any atom is 0.204 e. The molecule has 1 aromatic rings. The molecular formula is C16H24BrFN6OS2. The Morgan fingerprint density at radius 3 is 2.93 bits per heavy atom. The number of hydrogen-bond donors (Lipinski definition) is 6. The van der Waals surface area contributed by atoms with E-state index in [1.807, 2.05) is 0 Å². The number of unbranched alkanes of at least 4 members (excludes halogenated alkanes) is 1. The first-order valence-electron chi connectivity index (χ1n) is 8.57. The highest BCUT2D eigenvalue weighted by Gasteiger charge is 2.23. The van der Waals surface area contributed by atoms with E-state index in [1.54, 1.807) is 6.07 Å². The highest BCUT2D eigenvalue weighted by molar-refractivity contribution is 9.10. The summed E-state index contributed by atoms with van der Waals surface area (Å²) in [5.74, 6) is -0.359. The Morgan fingerprint density at radius 1 is 1.44 bits per heavy atom. The largest absolute Gasteiger partial charge is 0.390 e. The van der Waals surface area contributed by atoms with Gasteiger partial charge in [0, 0.05) is 30.1 Å². The summed E-state index contributed by atoms with van der Waals surface area (Å²) in [5, 5.41) is 19.6. The van der Waals surface area contributed by atoms with Crippen LogP contribution in [0.15, 0.2) is 26.5 Å². The fraction of sp³-hybridized carbons (Fsp3) is 0.500. The quantitative estimate of drug-likeness (QED) is 0.104. The summed E-state index contributed by atoms with van der Waals surface area (Å²) in [6.07, 6.45) is 2.66. The number of nitrogens with zero attached hydrogens (tertiary/aromatic N) is 1. The van der Waals surface area contributed by atoms with Gasteiger partial charge in [-0.05, 0) is 71.6 Å². The summed E-state index contributed by atoms with van der Waals surface area (Å²) in [4.78, 5) is 4.08. The van der Waals surface area contributed by atoms with Crippen LogP contribution in [0.4, 0.5) is 10.1 Å². The lowest BCUT2D eigenvalue weighted by Gasteiger charge is -2.15. The van der Waals surface area contributed by atoms with Crippen LogP contribution in [0.25, 0.3) is 0 Å². The smallest absolute Gasteiger partial charge is 0.204 e. The molecule has 2 rings (SSSR count). The second-order valence-corrected chi connectivity index (χ2v) is 8.06. The minimum absolute atomic E-state index is 0.128. The maximum atomic E-state index is 14.2. The van der Waals surface area contributed by atoms with Gasteiger partial charge in [0.15, 0.2) is 0 Å². The molecule has 0 spiro atoms. The number of halogens is 2. The van der Waals surface area contributed by atoms with E-state index in [4.69, 9.17) is 18.0 Å². The second-order valence-electron chi connectivity index (χ2n) is 5.97. The van der Waals surface area contributed by atoms with E-state index in [-0.39, 0.29) is 23.1 Å². The lowest BCUT2D eigenvalue weighted by atomic mass is 10.2. The average Bonchev–Trinajstić information content (AvgIpc) is 3.04. The number of nitrogens with two attached hydrogens (primary N) is 1. The molecule has 0 unspecified atom stereocenters. The summed E-state index contributed by atoms with van der Waals surface area (Å²) in [7, 11) is 0. The second kappa shape index (κ2) is 11.8. The molecule has 2 atom stereocenters. The number of aliphatic imine (C=N–C) groups is 1. The molecule has 150 valence electrons. The number of thiocarbonyl (C=S) groups is 1. The van der Waals surface area contributed by atoms with Crippen LogP contribution in [0.2, 0.25) is 0 Å². The van der Waals surface area contributed by atoms with Gasteiger partial charge in [-0.2, -0.15) is 0 Å². The number of nitrogens with one attached hydrogen (secondary N) is 4. The van der Waals surface area contributed by atoms with E-state index in [0.29, 0.717) is 17.1 Å². The molecule has 11 heteroatoms. The molecule has 0 aliphatic carbocycles. The van der Waals surface area contributed by atoms with Gasteiger partial charge in [0.05, 0.1) is 23.0 Å². The summed E-state index contributed by atoms with van der Waals surface area (Å²) in [5.41, 5.74) is 5.85. The summed E-state index contributed by atoms with van der Waals surface area (Å²) in [6.45, 7) is 3.01. The number of benzene rings is 1. The fourth-order valence-corrected chi connectivity index (χ4v) is 3.97. The van der Waals surface area contributed by atoms with Crippen molar-refractivity contribution in [3.8, 4) is 0 Å². The number of anilines is 1. The van der Waals surface area contributed by atoms with Crippen molar-refractivity contribution in [3.05, 3.63) is 22.4 Å². The Morgan fingerprint density at radius 2 is 2.22 bits per heavy atom. The number of hydrogen-bond acceptors (Lipinski definition) is 6. The summed E-state index contributed by atoms with van der Waals surface area (Å²) < 4.78 is 17.7. The molecule has 0 bridgehead atoms. The SMILES string of the molecule is NC=NC(=S)NSc1cc(Br)c(NCCCCN[C@@H]2CNC[C@H]2O)cc1F. The molecule has 0 amide bonds. The monoisotopic (exact) mass is 478 g/mol. The minimum Gasteiger partial charge on any atom is -0.390 e. The average molecular weight is 479 g/mol. The highest BCUT2D eigenvalue weighted by atomic mass is 79.9. The van der Waals surface area contributed by atoms with Crippen molar-refractivity contribution < 1.29 is 9.50 Å². The van der Waals surface area contributed by atoms with Crippen LogP contribution in [0.5, 0.6) is 0 Å². The van der Waals surface area contributed by atoms with Gasteiger partial charge in [0.1, 0.15) is 5.82 Å². The van der Waals surface area contributed by atoms with Crippen molar-refractivity contribution in [2.45, 2.75) is 29.9 Å². The maximum absolute atomic E-state index is 14.2. The summed E-state index contributed by atoms with van der Waals surface area (Å²) in [6, 6.07) is 3.26. The minimum atomic E-state index is -0.359. The Kier molecular flexibility index (Phi) is 9.73. The molecule has 7 N–H and O–H groups in total. The van der Waals surface area contributed by atoms with Gasteiger partial charge >= 0.3 is 0 Å². The summed E-state index contributed by atoms with van der Waals surface area (Å²) >= 11 is 9.40. The fourth-order valence-electron chi connectivity index (χ4n) is 2.57. The van der Waals surface area contributed by atoms with Gasteiger partial charge in [-0.15, -0.1) is 0 Å². The molecule has 1 fully saturated rings. The molecule has 27 heavy (non-hydrogen) atoms. The molecule has 1 aliphatic rings. The van der Waals surface area contributed by atoms with Gasteiger partial charge < -0.3 is 31.5 Å². The van der Waals surface area contributed by atoms with Gasteiger partial charge in [0.25, 0.3) is 0 Å². The van der Waals surface area contributed by atoms with E-state index < -0.39 is 0 Å². The van der Waals surface area contributed by atoms with Crippen molar-refractivity contribution in [1.29, 1.82) is 0 Å². The first-order valence-corrected chi connectivity index (χ1v) is 10.6. The Balaban J connectivity index is 1.71. The molecular weight excluding hydrogens is 455 g/mol. The van der Waals surface area contributed by atoms with Crippen LogP contribution < -0.4 is 26.4 Å². The Labute approximate surface area is 176 Å². The predicted octanol–water partition coefficient (Wildman–Crippen LogP) is 1.57. The third-order valence-corrected chi connectivity index (χ3v) is 5.79. The normalized spacial score (nSPS) is 19.5. The molecule has 7 nitrogen and oxygen atoms in total. The van der Waals surface area contributed by atoms with Crippen LogP contribution >= 0.6 is 40.1 Å². The molecule has 1 aliphatic heterocycles. The molecule has 0 aromatic heterocycles. The van der Waals surface area contributed by atoms with Crippen molar-refractivity contribution in [2.24, 2.45) is 10.7 Å². The zero-order valence-corrected chi connectivity index (χ0v) is 17.9.